The van der Waals surface area contributed by atoms with Crippen molar-refractivity contribution in [1.29, 1.82) is 0 Å². The van der Waals surface area contributed by atoms with Gasteiger partial charge in [0, 0.05) is 6.42 Å². The van der Waals surface area contributed by atoms with Gasteiger partial charge < -0.3 is 20.3 Å². The Morgan fingerprint density at radius 2 is 1.91 bits per heavy atom. The number of aliphatic carboxylic acids is 1. The highest BCUT2D eigenvalue weighted by molar-refractivity contribution is 5.86. The molecule has 0 aliphatic heterocycles. The number of carboxylic acid groups (broad SMARTS) is 1. The maximum atomic E-state index is 11.9. The van der Waals surface area contributed by atoms with Crippen LogP contribution < -0.4 is 10.1 Å². The molecule has 0 aromatic heterocycles. The van der Waals surface area contributed by atoms with Crippen molar-refractivity contribution < 1.29 is 24.5 Å². The fourth-order valence-electron chi connectivity index (χ4n) is 2.11. The summed E-state index contributed by atoms with van der Waals surface area (Å²) in [6.07, 6.45) is -0.841. The van der Waals surface area contributed by atoms with E-state index in [2.05, 4.69) is 5.32 Å². The number of nitrogens with one attached hydrogen (secondary N) is 1. The summed E-state index contributed by atoms with van der Waals surface area (Å²) in [7, 11) is 1.50. The topological polar surface area (TPSA) is 95.9 Å². The van der Waals surface area contributed by atoms with Gasteiger partial charge in [0.15, 0.2) is 0 Å². The van der Waals surface area contributed by atoms with Crippen molar-refractivity contribution in [2.24, 2.45) is 5.92 Å². The predicted octanol–water partition coefficient (Wildman–Crippen LogP) is 1.21. The zero-order valence-electron chi connectivity index (χ0n) is 13.1. The summed E-state index contributed by atoms with van der Waals surface area (Å²) in [5.41, 5.74) is 0.677. The first-order valence-corrected chi connectivity index (χ1v) is 7.18. The summed E-state index contributed by atoms with van der Waals surface area (Å²) in [6.45, 7) is 3.75. The Morgan fingerprint density at radius 1 is 1.27 bits per heavy atom. The second kappa shape index (κ2) is 8.38. The van der Waals surface area contributed by atoms with Gasteiger partial charge >= 0.3 is 5.97 Å². The van der Waals surface area contributed by atoms with Gasteiger partial charge in [-0.15, -0.1) is 0 Å². The van der Waals surface area contributed by atoms with Crippen LogP contribution in [0.15, 0.2) is 24.3 Å². The molecule has 0 unspecified atom stereocenters. The van der Waals surface area contributed by atoms with E-state index in [-0.39, 0.29) is 18.8 Å². The Bertz CT molecular complexity index is 515. The van der Waals surface area contributed by atoms with Crippen molar-refractivity contribution in [3.8, 4) is 5.75 Å². The van der Waals surface area contributed by atoms with Crippen molar-refractivity contribution in [2.75, 3.05) is 7.11 Å². The van der Waals surface area contributed by atoms with Gasteiger partial charge in [0.05, 0.1) is 7.11 Å². The number of para-hydroxylation sites is 1. The zero-order chi connectivity index (χ0) is 16.7. The first kappa shape index (κ1) is 18.0. The van der Waals surface area contributed by atoms with E-state index in [1.165, 1.54) is 7.11 Å². The number of rotatable bonds is 8. The number of aliphatic hydroxyl groups is 1. The minimum absolute atomic E-state index is 0.0828. The quantitative estimate of drug-likeness (QED) is 0.671. The molecule has 0 spiro atoms. The molecule has 0 saturated heterocycles. The molecule has 6 heteroatoms. The third-order valence-corrected chi connectivity index (χ3v) is 3.23. The zero-order valence-corrected chi connectivity index (χ0v) is 13.1. The number of carboxylic acids is 1. The predicted molar refractivity (Wildman–Crippen MR) is 81.7 cm³/mol. The van der Waals surface area contributed by atoms with E-state index in [1.54, 1.807) is 24.3 Å². The average Bonchev–Trinajstić information content (AvgIpc) is 2.46. The fraction of sp³-hybridized carbons (Fsp3) is 0.500. The Balaban J connectivity index is 2.78. The number of methoxy groups -OCH3 is 1. The van der Waals surface area contributed by atoms with Gasteiger partial charge in [0.2, 0.25) is 5.91 Å². The first-order chi connectivity index (χ1) is 10.3. The third kappa shape index (κ3) is 5.37. The van der Waals surface area contributed by atoms with Crippen LogP contribution in [0.2, 0.25) is 0 Å². The standard InChI is InChI=1S/C16H23NO5/c1-10(2)8-13(18)15(19)17-12(16(20)21)9-11-6-4-5-7-14(11)22-3/h4-7,10,12-13,18H,8-9H2,1-3H3,(H,17,19)(H,20,21)/t12-,13+/m1/s1. The van der Waals surface area contributed by atoms with Gasteiger partial charge in [-0.2, -0.15) is 0 Å². The second-order valence-corrected chi connectivity index (χ2v) is 5.56. The molecule has 0 aliphatic rings. The van der Waals surface area contributed by atoms with Crippen LogP contribution in [0.4, 0.5) is 0 Å². The summed E-state index contributed by atoms with van der Waals surface area (Å²) in [5, 5.41) is 21.4. The molecule has 0 bridgehead atoms. The molecule has 0 aliphatic carbocycles. The van der Waals surface area contributed by atoms with Crippen molar-refractivity contribution in [2.45, 2.75) is 38.8 Å². The summed E-state index contributed by atoms with van der Waals surface area (Å²) < 4.78 is 5.18. The van der Waals surface area contributed by atoms with Crippen molar-refractivity contribution in [3.63, 3.8) is 0 Å². The molecule has 122 valence electrons. The number of amides is 1. The highest BCUT2D eigenvalue weighted by atomic mass is 16.5. The maximum Gasteiger partial charge on any atom is 0.326 e. The molecular formula is C16H23NO5. The first-order valence-electron chi connectivity index (χ1n) is 7.18. The molecule has 1 rings (SSSR count). The van der Waals surface area contributed by atoms with Gasteiger partial charge in [-0.3, -0.25) is 4.79 Å². The number of carbonyl (C=O) groups excluding carboxylic acids is 1. The van der Waals surface area contributed by atoms with Crippen molar-refractivity contribution in [1.82, 2.24) is 5.32 Å². The van der Waals surface area contributed by atoms with Crippen LogP contribution in [-0.2, 0) is 16.0 Å². The van der Waals surface area contributed by atoms with E-state index in [9.17, 15) is 19.8 Å². The highest BCUT2D eigenvalue weighted by Gasteiger charge is 2.25. The van der Waals surface area contributed by atoms with Crippen LogP contribution >= 0.6 is 0 Å². The number of carbonyl (C=O) groups is 2. The Kier molecular flexibility index (Phi) is 6.85. The lowest BCUT2D eigenvalue weighted by atomic mass is 10.0. The van der Waals surface area contributed by atoms with Gasteiger partial charge in [-0.1, -0.05) is 32.0 Å². The lowest BCUT2D eigenvalue weighted by Gasteiger charge is -2.19. The molecule has 1 aromatic rings. The lowest BCUT2D eigenvalue weighted by molar-refractivity contribution is -0.143. The van der Waals surface area contributed by atoms with E-state index < -0.39 is 24.0 Å². The van der Waals surface area contributed by atoms with Crippen molar-refractivity contribution in [3.05, 3.63) is 29.8 Å². The third-order valence-electron chi connectivity index (χ3n) is 3.23. The molecule has 0 fully saturated rings. The summed E-state index contributed by atoms with van der Waals surface area (Å²) in [5.74, 6) is -1.13. The smallest absolute Gasteiger partial charge is 0.326 e. The van der Waals surface area contributed by atoms with Crippen molar-refractivity contribution >= 4 is 11.9 Å². The molecule has 1 aromatic carbocycles. The molecule has 0 heterocycles. The molecular weight excluding hydrogens is 286 g/mol. The molecule has 6 nitrogen and oxygen atoms in total. The maximum absolute atomic E-state index is 11.9. The highest BCUT2D eigenvalue weighted by Crippen LogP contribution is 2.19. The summed E-state index contributed by atoms with van der Waals surface area (Å²) in [6, 6.07) is 5.90. The average molecular weight is 309 g/mol. The van der Waals surface area contributed by atoms with E-state index in [0.29, 0.717) is 11.3 Å². The second-order valence-electron chi connectivity index (χ2n) is 5.56. The molecule has 0 saturated carbocycles. The molecule has 3 N–H and O–H groups in total. The van der Waals surface area contributed by atoms with Crippen LogP contribution in [0.1, 0.15) is 25.8 Å². The number of hydrogen-bond acceptors (Lipinski definition) is 4. The van der Waals surface area contributed by atoms with Crippen LogP contribution in [0.5, 0.6) is 5.75 Å². The normalized spacial score (nSPS) is 13.5. The van der Waals surface area contributed by atoms with Crippen LogP contribution in [0.25, 0.3) is 0 Å². The molecule has 1 amide bonds. The number of hydrogen-bond donors (Lipinski definition) is 3. The van der Waals surface area contributed by atoms with E-state index in [0.717, 1.165) is 0 Å². The molecule has 0 radical (unpaired) electrons. The molecule has 22 heavy (non-hydrogen) atoms. The van der Waals surface area contributed by atoms with Gasteiger partial charge in [-0.25, -0.2) is 4.79 Å². The Hall–Kier alpha value is -2.08. The van der Waals surface area contributed by atoms with E-state index in [1.807, 2.05) is 13.8 Å². The van der Waals surface area contributed by atoms with Crippen LogP contribution in [-0.4, -0.2) is 41.3 Å². The molecule has 2 atom stereocenters. The van der Waals surface area contributed by atoms with Crippen LogP contribution in [0, 0.1) is 5.92 Å². The van der Waals surface area contributed by atoms with Crippen LogP contribution in [0.3, 0.4) is 0 Å². The van der Waals surface area contributed by atoms with Gasteiger partial charge in [-0.05, 0) is 24.0 Å². The number of benzene rings is 1. The van der Waals surface area contributed by atoms with Gasteiger partial charge in [0.1, 0.15) is 17.9 Å². The summed E-state index contributed by atoms with van der Waals surface area (Å²) in [4.78, 5) is 23.2. The summed E-state index contributed by atoms with van der Waals surface area (Å²) >= 11 is 0. The SMILES string of the molecule is COc1ccccc1C[C@@H](NC(=O)[C@@H](O)CC(C)C)C(=O)O. The van der Waals surface area contributed by atoms with E-state index >= 15 is 0 Å². The monoisotopic (exact) mass is 309 g/mol. The Morgan fingerprint density at radius 3 is 2.45 bits per heavy atom. The van der Waals surface area contributed by atoms with Gasteiger partial charge in [0.25, 0.3) is 0 Å². The number of aliphatic hydroxyl groups excluding tert-OH is 1. The lowest BCUT2D eigenvalue weighted by Crippen LogP contribution is -2.47. The minimum atomic E-state index is -1.21. The Labute approximate surface area is 130 Å². The fourth-order valence-corrected chi connectivity index (χ4v) is 2.11. The number of ether oxygens (including phenoxy) is 1. The van der Waals surface area contributed by atoms with E-state index in [4.69, 9.17) is 4.74 Å². The largest absolute Gasteiger partial charge is 0.496 e. The minimum Gasteiger partial charge on any atom is -0.496 e.